The van der Waals surface area contributed by atoms with E-state index in [-0.39, 0.29) is 4.88 Å². The molecule has 3 aromatic rings. The molecule has 0 bridgehead atoms. The lowest BCUT2D eigenvalue weighted by Gasteiger charge is -2.14. The van der Waals surface area contributed by atoms with Gasteiger partial charge in [0.1, 0.15) is 9.71 Å². The number of nitrogens with one attached hydrogen (secondary N) is 1. The molecule has 3 rings (SSSR count). The van der Waals surface area contributed by atoms with Crippen molar-refractivity contribution < 1.29 is 14.3 Å². The second-order valence-electron chi connectivity index (χ2n) is 6.46. The van der Waals surface area contributed by atoms with Gasteiger partial charge in [0, 0.05) is 16.8 Å². The molecular formula is C20H21N3O3S. The van der Waals surface area contributed by atoms with Crippen LogP contribution < -0.4 is 11.1 Å². The number of ether oxygens (including phenoxy) is 1. The predicted molar refractivity (Wildman–Crippen MR) is 108 cm³/mol. The normalized spacial score (nSPS) is 12.0. The van der Waals surface area contributed by atoms with Gasteiger partial charge in [-0.15, -0.1) is 11.3 Å². The average Bonchev–Trinajstić information content (AvgIpc) is 2.93. The molecule has 2 aromatic heterocycles. The van der Waals surface area contributed by atoms with Crippen LogP contribution in [0.3, 0.4) is 0 Å². The summed E-state index contributed by atoms with van der Waals surface area (Å²) in [5, 5.41) is 3.53. The highest BCUT2D eigenvalue weighted by atomic mass is 32.1. The zero-order chi connectivity index (χ0) is 19.7. The molecule has 0 fully saturated rings. The summed E-state index contributed by atoms with van der Waals surface area (Å²) in [4.78, 5) is 30.3. The molecule has 1 amide bonds. The van der Waals surface area contributed by atoms with Crippen molar-refractivity contribution in [1.29, 1.82) is 0 Å². The molecule has 27 heavy (non-hydrogen) atoms. The number of hydrogen-bond donors (Lipinski definition) is 2. The Morgan fingerprint density at radius 3 is 2.59 bits per heavy atom. The fourth-order valence-corrected chi connectivity index (χ4v) is 3.94. The highest BCUT2D eigenvalue weighted by molar-refractivity contribution is 7.21. The number of anilines is 2. The van der Waals surface area contributed by atoms with E-state index in [1.165, 1.54) is 18.3 Å². The third kappa shape index (κ3) is 3.78. The van der Waals surface area contributed by atoms with Crippen molar-refractivity contribution in [3.8, 4) is 0 Å². The quantitative estimate of drug-likeness (QED) is 0.665. The molecule has 1 aromatic carbocycles. The number of rotatable bonds is 4. The van der Waals surface area contributed by atoms with Crippen LogP contribution in [0.25, 0.3) is 10.2 Å². The highest BCUT2D eigenvalue weighted by Crippen LogP contribution is 2.35. The van der Waals surface area contributed by atoms with Crippen molar-refractivity contribution in [3.05, 3.63) is 52.0 Å². The van der Waals surface area contributed by atoms with Gasteiger partial charge in [0.25, 0.3) is 5.91 Å². The van der Waals surface area contributed by atoms with E-state index in [0.717, 1.165) is 22.2 Å². The van der Waals surface area contributed by atoms with Crippen molar-refractivity contribution >= 4 is 44.8 Å². The predicted octanol–water partition coefficient (Wildman–Crippen LogP) is 3.99. The molecule has 3 N–H and O–H groups in total. The fraction of sp³-hybridized carbons (Fsp3) is 0.250. The minimum absolute atomic E-state index is 0.266. The number of carbonyl (C=O) groups excluding carboxylic acids is 2. The monoisotopic (exact) mass is 383 g/mol. The maximum atomic E-state index is 12.6. The lowest BCUT2D eigenvalue weighted by molar-refractivity contribution is -0.123. The summed E-state index contributed by atoms with van der Waals surface area (Å²) in [5.41, 5.74) is 9.92. The van der Waals surface area contributed by atoms with Gasteiger partial charge in [0.05, 0.1) is 5.69 Å². The van der Waals surface area contributed by atoms with Gasteiger partial charge in [-0.3, -0.25) is 4.79 Å². The lowest BCUT2D eigenvalue weighted by atomic mass is 10.1. The van der Waals surface area contributed by atoms with Gasteiger partial charge in [0.15, 0.2) is 6.10 Å². The number of fused-ring (bicyclic) bond motifs is 1. The number of carbonyl (C=O) groups is 2. The number of aryl methyl sites for hydroxylation is 3. The molecule has 140 valence electrons. The second-order valence-corrected chi connectivity index (χ2v) is 7.46. The Kier molecular flexibility index (Phi) is 5.14. The molecule has 0 aliphatic heterocycles. The second kappa shape index (κ2) is 7.36. The van der Waals surface area contributed by atoms with Crippen molar-refractivity contribution in [1.82, 2.24) is 4.98 Å². The summed E-state index contributed by atoms with van der Waals surface area (Å²) in [6.45, 7) is 7.23. The van der Waals surface area contributed by atoms with Crippen molar-refractivity contribution in [3.63, 3.8) is 0 Å². The number of amides is 1. The molecule has 0 spiro atoms. The van der Waals surface area contributed by atoms with E-state index in [2.05, 4.69) is 10.3 Å². The van der Waals surface area contributed by atoms with Crippen LogP contribution in [0.5, 0.6) is 0 Å². The smallest absolute Gasteiger partial charge is 0.351 e. The first kappa shape index (κ1) is 18.8. The molecule has 1 unspecified atom stereocenters. The van der Waals surface area contributed by atoms with Crippen LogP contribution in [0.4, 0.5) is 11.4 Å². The average molecular weight is 383 g/mol. The van der Waals surface area contributed by atoms with Gasteiger partial charge in [-0.25, -0.2) is 9.78 Å². The Bertz CT molecular complexity index is 1040. The number of benzene rings is 1. The zero-order valence-corrected chi connectivity index (χ0v) is 16.4. The maximum Gasteiger partial charge on any atom is 0.351 e. The molecule has 0 saturated carbocycles. The van der Waals surface area contributed by atoms with Crippen LogP contribution >= 0.6 is 11.3 Å². The minimum atomic E-state index is -0.961. The number of nitrogens with zero attached hydrogens (tertiary/aromatic N) is 1. The molecule has 6 nitrogen and oxygen atoms in total. The van der Waals surface area contributed by atoms with E-state index in [1.807, 2.05) is 45.0 Å². The number of hydrogen-bond acceptors (Lipinski definition) is 6. The van der Waals surface area contributed by atoms with Crippen LogP contribution in [-0.2, 0) is 9.53 Å². The summed E-state index contributed by atoms with van der Waals surface area (Å²) in [5.74, 6) is -1.03. The van der Waals surface area contributed by atoms with Gasteiger partial charge in [-0.05, 0) is 51.0 Å². The summed E-state index contributed by atoms with van der Waals surface area (Å²) in [6.07, 6.45) is -0.961. The molecule has 0 saturated heterocycles. The van der Waals surface area contributed by atoms with E-state index in [1.54, 1.807) is 6.07 Å². The van der Waals surface area contributed by atoms with Crippen molar-refractivity contribution in [2.45, 2.75) is 33.8 Å². The Balaban J connectivity index is 1.78. The van der Waals surface area contributed by atoms with Gasteiger partial charge < -0.3 is 15.8 Å². The molecule has 0 aliphatic carbocycles. The summed E-state index contributed by atoms with van der Waals surface area (Å²) in [6, 6.07) is 9.31. The number of esters is 1. The number of nitrogen functional groups attached to an aromatic ring is 1. The van der Waals surface area contributed by atoms with Crippen LogP contribution in [0, 0.1) is 20.8 Å². The molecule has 0 radical (unpaired) electrons. The van der Waals surface area contributed by atoms with E-state index in [9.17, 15) is 9.59 Å². The Hall–Kier alpha value is -2.93. The Labute approximate surface area is 161 Å². The third-order valence-electron chi connectivity index (χ3n) is 4.27. The lowest BCUT2D eigenvalue weighted by Crippen LogP contribution is -2.30. The molecule has 1 atom stereocenters. The van der Waals surface area contributed by atoms with E-state index >= 15 is 0 Å². The maximum absolute atomic E-state index is 12.6. The number of para-hydroxylation sites is 1. The van der Waals surface area contributed by atoms with Gasteiger partial charge in [-0.1, -0.05) is 18.2 Å². The number of thiophene rings is 1. The van der Waals surface area contributed by atoms with Gasteiger partial charge in [-0.2, -0.15) is 0 Å². The first-order valence-corrected chi connectivity index (χ1v) is 9.33. The molecule has 2 heterocycles. The first-order valence-electron chi connectivity index (χ1n) is 8.51. The largest absolute Gasteiger partial charge is 0.448 e. The summed E-state index contributed by atoms with van der Waals surface area (Å²) in [7, 11) is 0. The van der Waals surface area contributed by atoms with Crippen LogP contribution in [0.15, 0.2) is 30.3 Å². The van der Waals surface area contributed by atoms with Crippen LogP contribution in [-0.4, -0.2) is 23.0 Å². The fourth-order valence-electron chi connectivity index (χ4n) is 2.84. The van der Waals surface area contributed by atoms with Crippen molar-refractivity contribution in [2.24, 2.45) is 0 Å². The third-order valence-corrected chi connectivity index (χ3v) is 5.35. The van der Waals surface area contributed by atoms with Crippen molar-refractivity contribution in [2.75, 3.05) is 11.1 Å². The van der Waals surface area contributed by atoms with E-state index in [0.29, 0.717) is 16.2 Å². The minimum Gasteiger partial charge on any atom is -0.448 e. The number of aromatic nitrogens is 1. The van der Waals surface area contributed by atoms with Crippen LogP contribution in [0.2, 0.25) is 0 Å². The van der Waals surface area contributed by atoms with Gasteiger partial charge in [0.2, 0.25) is 0 Å². The number of pyridine rings is 1. The molecule has 0 aliphatic rings. The van der Waals surface area contributed by atoms with E-state index < -0.39 is 18.0 Å². The number of nitrogens with two attached hydrogens (primary N) is 1. The van der Waals surface area contributed by atoms with Gasteiger partial charge >= 0.3 is 5.97 Å². The summed E-state index contributed by atoms with van der Waals surface area (Å²) >= 11 is 1.18. The van der Waals surface area contributed by atoms with Crippen LogP contribution in [0.1, 0.15) is 33.4 Å². The Morgan fingerprint density at radius 2 is 1.89 bits per heavy atom. The summed E-state index contributed by atoms with van der Waals surface area (Å²) < 4.78 is 5.34. The van der Waals surface area contributed by atoms with E-state index in [4.69, 9.17) is 10.5 Å². The first-order chi connectivity index (χ1) is 12.8. The molecule has 7 heteroatoms. The Morgan fingerprint density at radius 1 is 1.19 bits per heavy atom. The topological polar surface area (TPSA) is 94.3 Å². The standard InChI is InChI=1S/C20H21N3O3S/c1-10-7-5-6-8-14(10)23-18(24)13(4)26-20(25)17-16(21)15-11(2)9-12(3)22-19(15)27-17/h5-9,13H,21H2,1-4H3,(H,23,24). The zero-order valence-electron chi connectivity index (χ0n) is 15.6. The molecular weight excluding hydrogens is 362 g/mol. The SMILES string of the molecule is Cc1cc(C)c2c(N)c(C(=O)OC(C)C(=O)Nc3ccccc3C)sc2n1. The highest BCUT2D eigenvalue weighted by Gasteiger charge is 2.24.